The minimum Gasteiger partial charge on any atom is -0.483 e. The molecule has 1 aromatic rings. The van der Waals surface area contributed by atoms with Crippen LogP contribution in [0, 0.1) is 0 Å². The molecule has 0 aromatic heterocycles. The minimum atomic E-state index is -0.500. The van der Waals surface area contributed by atoms with Gasteiger partial charge in [-0.25, -0.2) is 0 Å². The van der Waals surface area contributed by atoms with E-state index in [-0.39, 0.29) is 12.1 Å². The second-order valence-electron chi connectivity index (χ2n) is 5.11. The number of nitrogens with one attached hydrogen (secondary N) is 1. The molecule has 0 aliphatic heterocycles. The number of amides is 1. The molecule has 100 valence electrons. The lowest BCUT2D eigenvalue weighted by Crippen LogP contribution is -2.35. The third-order valence-electron chi connectivity index (χ3n) is 2.20. The number of nitrogens with two attached hydrogens (primary N) is 1. The molecule has 1 rings (SSSR count). The SMILES string of the molecule is CC(C)(C)NCc1cc(Cl)ccc1OCC(N)=O. The highest BCUT2D eigenvalue weighted by atomic mass is 35.5. The van der Waals surface area contributed by atoms with Gasteiger partial charge in [-0.1, -0.05) is 11.6 Å². The lowest BCUT2D eigenvalue weighted by molar-refractivity contribution is -0.119. The summed E-state index contributed by atoms with van der Waals surface area (Å²) >= 11 is 5.95. The van der Waals surface area contributed by atoms with E-state index in [2.05, 4.69) is 26.1 Å². The van der Waals surface area contributed by atoms with Crippen molar-refractivity contribution in [1.29, 1.82) is 0 Å². The molecule has 0 unspecified atom stereocenters. The summed E-state index contributed by atoms with van der Waals surface area (Å²) in [6.45, 7) is 6.69. The zero-order chi connectivity index (χ0) is 13.8. The third kappa shape index (κ3) is 5.38. The molecule has 0 fully saturated rings. The standard InChI is InChI=1S/C13H19ClN2O2/c1-13(2,3)16-7-9-6-10(14)4-5-11(9)18-8-12(15)17/h4-6,16H,7-8H2,1-3H3,(H2,15,17). The molecule has 3 N–H and O–H groups in total. The zero-order valence-corrected chi connectivity index (χ0v) is 11.7. The Balaban J connectivity index is 2.79. The molecule has 0 bridgehead atoms. The number of rotatable bonds is 5. The maximum Gasteiger partial charge on any atom is 0.255 e. The summed E-state index contributed by atoms with van der Waals surface area (Å²) in [6, 6.07) is 5.28. The number of halogens is 1. The van der Waals surface area contributed by atoms with Crippen molar-refractivity contribution in [3.05, 3.63) is 28.8 Å². The average molecular weight is 271 g/mol. The van der Waals surface area contributed by atoms with E-state index in [9.17, 15) is 4.79 Å². The average Bonchev–Trinajstić information content (AvgIpc) is 2.23. The Hall–Kier alpha value is -1.26. The van der Waals surface area contributed by atoms with Crippen molar-refractivity contribution in [2.24, 2.45) is 5.73 Å². The van der Waals surface area contributed by atoms with Crippen LogP contribution in [0.1, 0.15) is 26.3 Å². The second kappa shape index (κ2) is 6.07. The molecule has 0 atom stereocenters. The molecule has 0 saturated heterocycles. The van der Waals surface area contributed by atoms with Gasteiger partial charge in [-0.05, 0) is 39.0 Å². The first-order valence-corrected chi connectivity index (χ1v) is 6.10. The molecule has 0 radical (unpaired) electrons. The number of carbonyl (C=O) groups is 1. The second-order valence-corrected chi connectivity index (χ2v) is 5.55. The van der Waals surface area contributed by atoms with Crippen LogP contribution < -0.4 is 15.8 Å². The molecule has 5 heteroatoms. The first kappa shape index (κ1) is 14.8. The Kier molecular flexibility index (Phi) is 4.99. The van der Waals surface area contributed by atoms with Crippen molar-refractivity contribution in [1.82, 2.24) is 5.32 Å². The molecule has 1 amide bonds. The Morgan fingerprint density at radius 2 is 2.11 bits per heavy atom. The number of ether oxygens (including phenoxy) is 1. The minimum absolute atomic E-state index is 0.0106. The van der Waals surface area contributed by atoms with Crippen LogP contribution in [-0.2, 0) is 11.3 Å². The Morgan fingerprint density at radius 3 is 2.67 bits per heavy atom. The van der Waals surface area contributed by atoms with Crippen molar-refractivity contribution in [2.45, 2.75) is 32.9 Å². The number of hydrogen-bond donors (Lipinski definition) is 2. The number of hydrogen-bond acceptors (Lipinski definition) is 3. The fourth-order valence-electron chi connectivity index (χ4n) is 1.34. The van der Waals surface area contributed by atoms with Crippen LogP contribution in [0.15, 0.2) is 18.2 Å². The number of primary amides is 1. The summed E-state index contributed by atoms with van der Waals surface area (Å²) in [5.41, 5.74) is 5.95. The Bertz CT molecular complexity index is 427. The molecule has 1 aromatic carbocycles. The predicted molar refractivity (Wildman–Crippen MR) is 72.7 cm³/mol. The molecule has 18 heavy (non-hydrogen) atoms. The van der Waals surface area contributed by atoms with Crippen LogP contribution in [0.5, 0.6) is 5.75 Å². The molecule has 0 spiro atoms. The van der Waals surface area contributed by atoms with Crippen molar-refractivity contribution >= 4 is 17.5 Å². The normalized spacial score (nSPS) is 11.3. The van der Waals surface area contributed by atoms with Crippen molar-refractivity contribution in [3.63, 3.8) is 0 Å². The van der Waals surface area contributed by atoms with Gasteiger partial charge in [-0.2, -0.15) is 0 Å². The van der Waals surface area contributed by atoms with Gasteiger partial charge in [0.05, 0.1) is 0 Å². The van der Waals surface area contributed by atoms with Crippen LogP contribution in [0.4, 0.5) is 0 Å². The lowest BCUT2D eigenvalue weighted by atomic mass is 10.1. The van der Waals surface area contributed by atoms with Gasteiger partial charge in [0.15, 0.2) is 6.61 Å². The highest BCUT2D eigenvalue weighted by Crippen LogP contribution is 2.23. The molecule has 0 saturated carbocycles. The first-order chi connectivity index (χ1) is 8.28. The molecule has 4 nitrogen and oxygen atoms in total. The van der Waals surface area contributed by atoms with Crippen molar-refractivity contribution < 1.29 is 9.53 Å². The molecule has 0 aliphatic carbocycles. The summed E-state index contributed by atoms with van der Waals surface area (Å²) in [7, 11) is 0. The number of carbonyl (C=O) groups excluding carboxylic acids is 1. The van der Waals surface area contributed by atoms with E-state index in [1.165, 1.54) is 0 Å². The lowest BCUT2D eigenvalue weighted by Gasteiger charge is -2.21. The Labute approximate surface area is 112 Å². The van der Waals surface area contributed by atoms with E-state index < -0.39 is 5.91 Å². The molecular weight excluding hydrogens is 252 g/mol. The summed E-state index contributed by atoms with van der Waals surface area (Å²) < 4.78 is 5.35. The van der Waals surface area contributed by atoms with Crippen LogP contribution in [0.3, 0.4) is 0 Å². The van der Waals surface area contributed by atoms with E-state index in [0.29, 0.717) is 17.3 Å². The summed E-state index contributed by atoms with van der Waals surface area (Å²) in [6.07, 6.45) is 0. The molecule has 0 aliphatic rings. The quantitative estimate of drug-likeness (QED) is 0.861. The van der Waals surface area contributed by atoms with Gasteiger partial charge < -0.3 is 15.8 Å². The monoisotopic (exact) mass is 270 g/mol. The van der Waals surface area contributed by atoms with Gasteiger partial charge in [0, 0.05) is 22.7 Å². The number of benzene rings is 1. The maximum atomic E-state index is 10.7. The van der Waals surface area contributed by atoms with Gasteiger partial charge in [0.25, 0.3) is 5.91 Å². The fraction of sp³-hybridized carbons (Fsp3) is 0.462. The smallest absolute Gasteiger partial charge is 0.255 e. The van der Waals surface area contributed by atoms with Crippen LogP contribution in [0.2, 0.25) is 5.02 Å². The summed E-state index contributed by atoms with van der Waals surface area (Å²) in [5.74, 6) is 0.120. The van der Waals surface area contributed by atoms with E-state index in [4.69, 9.17) is 22.1 Å². The zero-order valence-electron chi connectivity index (χ0n) is 10.9. The molecule has 0 heterocycles. The predicted octanol–water partition coefficient (Wildman–Crippen LogP) is 2.09. The van der Waals surface area contributed by atoms with Gasteiger partial charge in [-0.15, -0.1) is 0 Å². The van der Waals surface area contributed by atoms with E-state index in [0.717, 1.165) is 5.56 Å². The van der Waals surface area contributed by atoms with Crippen molar-refractivity contribution in [2.75, 3.05) is 6.61 Å². The largest absolute Gasteiger partial charge is 0.483 e. The van der Waals surface area contributed by atoms with Crippen LogP contribution in [0.25, 0.3) is 0 Å². The summed E-state index contributed by atoms with van der Waals surface area (Å²) in [4.78, 5) is 10.7. The first-order valence-electron chi connectivity index (χ1n) is 5.72. The van der Waals surface area contributed by atoms with Crippen LogP contribution in [-0.4, -0.2) is 18.1 Å². The highest BCUT2D eigenvalue weighted by Gasteiger charge is 2.12. The fourth-order valence-corrected chi connectivity index (χ4v) is 1.53. The van der Waals surface area contributed by atoms with Crippen LogP contribution >= 0.6 is 11.6 Å². The van der Waals surface area contributed by atoms with E-state index >= 15 is 0 Å². The molecular formula is C13H19ClN2O2. The van der Waals surface area contributed by atoms with E-state index in [1.54, 1.807) is 12.1 Å². The van der Waals surface area contributed by atoms with E-state index in [1.807, 2.05) is 6.07 Å². The summed E-state index contributed by atoms with van der Waals surface area (Å²) in [5, 5.41) is 3.97. The third-order valence-corrected chi connectivity index (χ3v) is 2.44. The topological polar surface area (TPSA) is 64.3 Å². The van der Waals surface area contributed by atoms with Crippen molar-refractivity contribution in [3.8, 4) is 5.75 Å². The Morgan fingerprint density at radius 1 is 1.44 bits per heavy atom. The maximum absolute atomic E-state index is 10.7. The highest BCUT2D eigenvalue weighted by molar-refractivity contribution is 6.30. The van der Waals surface area contributed by atoms with Gasteiger partial charge >= 0.3 is 0 Å². The van der Waals surface area contributed by atoms with Gasteiger partial charge in [0.2, 0.25) is 0 Å². The van der Waals surface area contributed by atoms with Gasteiger partial charge in [0.1, 0.15) is 5.75 Å². The van der Waals surface area contributed by atoms with Gasteiger partial charge in [-0.3, -0.25) is 4.79 Å².